The van der Waals surface area contributed by atoms with Crippen LogP contribution in [-0.4, -0.2) is 54.4 Å². The molecule has 3 rings (SSSR count). The summed E-state index contributed by atoms with van der Waals surface area (Å²) in [5, 5.41) is 12.7. The van der Waals surface area contributed by atoms with Crippen molar-refractivity contribution in [2.45, 2.75) is 57.1 Å². The van der Waals surface area contributed by atoms with Crippen LogP contribution in [0, 0.1) is 11.3 Å². The van der Waals surface area contributed by atoms with Crippen LogP contribution in [0.15, 0.2) is 0 Å². The standard InChI is InChI=1S/C16H26N2O4/c1-22-13-6-4-12(5-7-13)17-15(21)18-9-11-3-2-8-16(11,10-18)14(19)20/h11-13H,2-10H2,1H3,(H,17,21)(H,19,20)/t11-,12?,13?,16+/m0/s1. The van der Waals surface area contributed by atoms with Crippen LogP contribution < -0.4 is 5.32 Å². The zero-order valence-corrected chi connectivity index (χ0v) is 13.2. The number of hydrogen-bond donors (Lipinski definition) is 2. The van der Waals surface area contributed by atoms with Crippen molar-refractivity contribution in [2.24, 2.45) is 11.3 Å². The summed E-state index contributed by atoms with van der Waals surface area (Å²) in [6, 6.07) is 0.107. The Bertz CT molecular complexity index is 447. The third-order valence-corrected chi connectivity index (χ3v) is 5.92. The van der Waals surface area contributed by atoms with E-state index >= 15 is 0 Å². The van der Waals surface area contributed by atoms with Crippen molar-refractivity contribution in [3.8, 4) is 0 Å². The Morgan fingerprint density at radius 2 is 1.95 bits per heavy atom. The fourth-order valence-electron chi connectivity index (χ4n) is 4.50. The van der Waals surface area contributed by atoms with E-state index in [1.807, 2.05) is 0 Å². The van der Waals surface area contributed by atoms with Gasteiger partial charge < -0.3 is 20.1 Å². The molecule has 2 atom stereocenters. The minimum Gasteiger partial charge on any atom is -0.481 e. The Balaban J connectivity index is 1.55. The van der Waals surface area contributed by atoms with Gasteiger partial charge in [0.15, 0.2) is 0 Å². The number of amides is 2. The SMILES string of the molecule is COC1CCC(NC(=O)N2C[C@@H]3CCC[C@@]3(C(=O)O)C2)CC1. The molecule has 6 heteroatoms. The summed E-state index contributed by atoms with van der Waals surface area (Å²) >= 11 is 0. The third kappa shape index (κ3) is 2.69. The van der Waals surface area contributed by atoms with Gasteiger partial charge in [-0.2, -0.15) is 0 Å². The van der Waals surface area contributed by atoms with Crippen LogP contribution >= 0.6 is 0 Å². The van der Waals surface area contributed by atoms with E-state index < -0.39 is 11.4 Å². The van der Waals surface area contributed by atoms with Crippen molar-refractivity contribution in [1.29, 1.82) is 0 Å². The maximum atomic E-state index is 12.5. The number of carboxylic acid groups (broad SMARTS) is 1. The monoisotopic (exact) mass is 310 g/mol. The molecular weight excluding hydrogens is 284 g/mol. The largest absolute Gasteiger partial charge is 0.481 e. The number of fused-ring (bicyclic) bond motifs is 1. The van der Waals surface area contributed by atoms with Crippen molar-refractivity contribution in [2.75, 3.05) is 20.2 Å². The normalized spacial score (nSPS) is 37.9. The smallest absolute Gasteiger partial charge is 0.317 e. The molecule has 0 aromatic heterocycles. The average Bonchev–Trinajstić information content (AvgIpc) is 3.06. The van der Waals surface area contributed by atoms with Gasteiger partial charge in [-0.25, -0.2) is 4.79 Å². The van der Waals surface area contributed by atoms with E-state index in [4.69, 9.17) is 4.74 Å². The number of nitrogens with zero attached hydrogens (tertiary/aromatic N) is 1. The molecule has 6 nitrogen and oxygen atoms in total. The summed E-state index contributed by atoms with van der Waals surface area (Å²) in [6.45, 7) is 0.956. The van der Waals surface area contributed by atoms with Gasteiger partial charge in [0.2, 0.25) is 0 Å². The first kappa shape index (κ1) is 15.6. The van der Waals surface area contributed by atoms with Crippen molar-refractivity contribution in [3.63, 3.8) is 0 Å². The molecule has 1 aliphatic heterocycles. The Hall–Kier alpha value is -1.30. The Labute approximate surface area is 131 Å². The Morgan fingerprint density at radius 1 is 1.23 bits per heavy atom. The lowest BCUT2D eigenvalue weighted by atomic mass is 9.81. The van der Waals surface area contributed by atoms with Crippen LogP contribution in [0.2, 0.25) is 0 Å². The molecule has 0 unspecified atom stereocenters. The van der Waals surface area contributed by atoms with Gasteiger partial charge in [-0.05, 0) is 44.4 Å². The number of carboxylic acids is 1. The number of carbonyl (C=O) groups is 2. The van der Waals surface area contributed by atoms with Gasteiger partial charge in [-0.3, -0.25) is 4.79 Å². The molecule has 22 heavy (non-hydrogen) atoms. The van der Waals surface area contributed by atoms with Crippen LogP contribution in [0.25, 0.3) is 0 Å². The van der Waals surface area contributed by atoms with Crippen molar-refractivity contribution >= 4 is 12.0 Å². The number of ether oxygens (including phenoxy) is 1. The van der Waals surface area contributed by atoms with E-state index in [1.165, 1.54) is 0 Å². The second-order valence-corrected chi connectivity index (χ2v) is 7.09. The minimum atomic E-state index is -0.731. The van der Waals surface area contributed by atoms with Crippen LogP contribution in [0.4, 0.5) is 4.79 Å². The highest BCUT2D eigenvalue weighted by molar-refractivity contribution is 5.80. The summed E-state index contributed by atoms with van der Waals surface area (Å²) in [5.74, 6) is -0.606. The average molecular weight is 310 g/mol. The molecule has 2 aliphatic carbocycles. The fourth-order valence-corrected chi connectivity index (χ4v) is 4.50. The minimum absolute atomic E-state index is 0.0871. The van der Waals surface area contributed by atoms with Gasteiger partial charge in [0.1, 0.15) is 0 Å². The number of methoxy groups -OCH3 is 1. The van der Waals surface area contributed by atoms with Crippen molar-refractivity contribution in [3.05, 3.63) is 0 Å². The second-order valence-electron chi connectivity index (χ2n) is 7.09. The molecule has 2 N–H and O–H groups in total. The summed E-state index contributed by atoms with van der Waals surface area (Å²) in [5.41, 5.74) is -0.689. The Kier molecular flexibility index (Phi) is 4.30. The number of urea groups is 1. The highest BCUT2D eigenvalue weighted by Crippen LogP contribution is 2.48. The third-order valence-electron chi connectivity index (χ3n) is 5.92. The molecule has 1 saturated heterocycles. The molecule has 3 aliphatic rings. The molecule has 0 aromatic rings. The van der Waals surface area contributed by atoms with E-state index in [0.29, 0.717) is 25.6 Å². The number of rotatable bonds is 3. The van der Waals surface area contributed by atoms with E-state index in [2.05, 4.69) is 5.32 Å². The van der Waals surface area contributed by atoms with E-state index in [0.717, 1.165) is 38.5 Å². The molecular formula is C16H26N2O4. The number of aliphatic carboxylic acids is 1. The molecule has 1 heterocycles. The molecule has 2 amide bonds. The number of likely N-dealkylation sites (tertiary alicyclic amines) is 1. The van der Waals surface area contributed by atoms with Gasteiger partial charge in [0.25, 0.3) is 0 Å². The number of carbonyl (C=O) groups excluding carboxylic acids is 1. The maximum absolute atomic E-state index is 12.5. The molecule has 0 aromatic carbocycles. The molecule has 0 spiro atoms. The lowest BCUT2D eigenvalue weighted by Crippen LogP contribution is -2.47. The zero-order chi connectivity index (χ0) is 15.7. The van der Waals surface area contributed by atoms with E-state index in [-0.39, 0.29) is 18.0 Å². The highest BCUT2D eigenvalue weighted by Gasteiger charge is 2.55. The first-order valence-electron chi connectivity index (χ1n) is 8.37. The second kappa shape index (κ2) is 6.07. The highest BCUT2D eigenvalue weighted by atomic mass is 16.5. The molecule has 124 valence electrons. The lowest BCUT2D eigenvalue weighted by molar-refractivity contribution is -0.149. The molecule has 3 fully saturated rings. The number of hydrogen-bond acceptors (Lipinski definition) is 3. The summed E-state index contributed by atoms with van der Waals surface area (Å²) in [4.78, 5) is 25.8. The Morgan fingerprint density at radius 3 is 2.55 bits per heavy atom. The maximum Gasteiger partial charge on any atom is 0.317 e. The van der Waals surface area contributed by atoms with Crippen molar-refractivity contribution < 1.29 is 19.4 Å². The van der Waals surface area contributed by atoms with Crippen LogP contribution in [0.3, 0.4) is 0 Å². The fraction of sp³-hybridized carbons (Fsp3) is 0.875. The summed E-state index contributed by atoms with van der Waals surface area (Å²) in [7, 11) is 1.73. The number of nitrogens with one attached hydrogen (secondary N) is 1. The lowest BCUT2D eigenvalue weighted by Gasteiger charge is -2.30. The summed E-state index contributed by atoms with van der Waals surface area (Å²) < 4.78 is 5.35. The predicted molar refractivity (Wildman–Crippen MR) is 80.6 cm³/mol. The van der Waals surface area contributed by atoms with Crippen molar-refractivity contribution in [1.82, 2.24) is 10.2 Å². The molecule has 0 bridgehead atoms. The van der Waals surface area contributed by atoms with Gasteiger partial charge in [0.05, 0.1) is 11.5 Å². The molecule has 0 radical (unpaired) electrons. The quantitative estimate of drug-likeness (QED) is 0.833. The first-order valence-corrected chi connectivity index (χ1v) is 8.37. The van der Waals surface area contributed by atoms with Gasteiger partial charge in [0, 0.05) is 26.2 Å². The van der Waals surface area contributed by atoms with Gasteiger partial charge >= 0.3 is 12.0 Å². The zero-order valence-electron chi connectivity index (χ0n) is 13.2. The topological polar surface area (TPSA) is 78.9 Å². The summed E-state index contributed by atoms with van der Waals surface area (Å²) in [6.07, 6.45) is 6.73. The van der Waals surface area contributed by atoms with Crippen LogP contribution in [0.5, 0.6) is 0 Å². The van der Waals surface area contributed by atoms with Crippen LogP contribution in [0.1, 0.15) is 44.9 Å². The predicted octanol–water partition coefficient (Wildman–Crippen LogP) is 1.84. The van der Waals surface area contributed by atoms with E-state index in [1.54, 1.807) is 12.0 Å². The van der Waals surface area contributed by atoms with Crippen LogP contribution in [-0.2, 0) is 9.53 Å². The van der Waals surface area contributed by atoms with Gasteiger partial charge in [-0.1, -0.05) is 6.42 Å². The molecule has 2 saturated carbocycles. The first-order chi connectivity index (χ1) is 10.5. The van der Waals surface area contributed by atoms with Gasteiger partial charge in [-0.15, -0.1) is 0 Å². The van der Waals surface area contributed by atoms with E-state index in [9.17, 15) is 14.7 Å².